The average Bonchev–Trinajstić information content (AvgIpc) is 2.45. The standard InChI is InChI=1S/C13H19ClN4O/c1-3-11-16-10(14)7-12(17-11)18-6-4-5-9(8-18)13(19)15-2/h7,9H,3-6,8H2,1-2H3,(H,15,19). The van der Waals surface area contributed by atoms with E-state index in [-0.39, 0.29) is 11.8 Å². The Balaban J connectivity index is 2.17. The van der Waals surface area contributed by atoms with Crippen molar-refractivity contribution in [3.63, 3.8) is 0 Å². The molecule has 0 spiro atoms. The highest BCUT2D eigenvalue weighted by Crippen LogP contribution is 2.23. The molecule has 1 amide bonds. The first-order valence-corrected chi connectivity index (χ1v) is 7.01. The van der Waals surface area contributed by atoms with Gasteiger partial charge in [-0.3, -0.25) is 4.79 Å². The van der Waals surface area contributed by atoms with Crippen LogP contribution in [0.5, 0.6) is 0 Å². The van der Waals surface area contributed by atoms with Gasteiger partial charge >= 0.3 is 0 Å². The maximum Gasteiger partial charge on any atom is 0.224 e. The molecule has 1 fully saturated rings. The van der Waals surface area contributed by atoms with Crippen LogP contribution in [0.25, 0.3) is 0 Å². The molecule has 0 radical (unpaired) electrons. The van der Waals surface area contributed by atoms with Gasteiger partial charge in [-0.2, -0.15) is 0 Å². The number of hydrogen-bond donors (Lipinski definition) is 1. The molecule has 1 aromatic heterocycles. The van der Waals surface area contributed by atoms with Crippen LogP contribution in [0.3, 0.4) is 0 Å². The Hall–Kier alpha value is -1.36. The van der Waals surface area contributed by atoms with Crippen LogP contribution in [0, 0.1) is 5.92 Å². The summed E-state index contributed by atoms with van der Waals surface area (Å²) < 4.78 is 0. The van der Waals surface area contributed by atoms with Gasteiger partial charge in [-0.1, -0.05) is 18.5 Å². The number of nitrogens with zero attached hydrogens (tertiary/aromatic N) is 3. The zero-order valence-electron chi connectivity index (χ0n) is 11.3. The van der Waals surface area contributed by atoms with E-state index in [0.29, 0.717) is 11.7 Å². The second-order valence-electron chi connectivity index (χ2n) is 4.72. The lowest BCUT2D eigenvalue weighted by Crippen LogP contribution is -2.42. The second-order valence-corrected chi connectivity index (χ2v) is 5.11. The van der Waals surface area contributed by atoms with Crippen LogP contribution in [0.4, 0.5) is 5.82 Å². The quantitative estimate of drug-likeness (QED) is 0.857. The predicted octanol–water partition coefficient (Wildman–Crippen LogP) is 1.65. The van der Waals surface area contributed by atoms with Crippen molar-refractivity contribution in [2.24, 2.45) is 5.92 Å². The van der Waals surface area contributed by atoms with Crippen LogP contribution in [0.15, 0.2) is 6.07 Å². The molecule has 1 saturated heterocycles. The first kappa shape index (κ1) is 14.1. The van der Waals surface area contributed by atoms with Gasteiger partial charge in [0.2, 0.25) is 5.91 Å². The Morgan fingerprint density at radius 1 is 1.58 bits per heavy atom. The van der Waals surface area contributed by atoms with Gasteiger partial charge in [-0.05, 0) is 12.8 Å². The summed E-state index contributed by atoms with van der Waals surface area (Å²) in [6.07, 6.45) is 2.66. The van der Waals surface area contributed by atoms with Crippen molar-refractivity contribution in [3.05, 3.63) is 17.0 Å². The van der Waals surface area contributed by atoms with Gasteiger partial charge < -0.3 is 10.2 Å². The van der Waals surface area contributed by atoms with Crippen molar-refractivity contribution >= 4 is 23.3 Å². The minimum Gasteiger partial charge on any atom is -0.359 e. The monoisotopic (exact) mass is 282 g/mol. The van der Waals surface area contributed by atoms with E-state index in [4.69, 9.17) is 11.6 Å². The topological polar surface area (TPSA) is 58.1 Å². The Morgan fingerprint density at radius 3 is 3.05 bits per heavy atom. The first-order chi connectivity index (χ1) is 9.13. The van der Waals surface area contributed by atoms with Crippen molar-refractivity contribution in [1.82, 2.24) is 15.3 Å². The van der Waals surface area contributed by atoms with Gasteiger partial charge in [0.25, 0.3) is 0 Å². The van der Waals surface area contributed by atoms with Gasteiger partial charge in [0.15, 0.2) is 0 Å². The zero-order valence-corrected chi connectivity index (χ0v) is 12.1. The fourth-order valence-corrected chi connectivity index (χ4v) is 2.57. The largest absolute Gasteiger partial charge is 0.359 e. The predicted molar refractivity (Wildman–Crippen MR) is 75.4 cm³/mol. The van der Waals surface area contributed by atoms with Crippen LogP contribution >= 0.6 is 11.6 Å². The van der Waals surface area contributed by atoms with E-state index in [0.717, 1.165) is 37.4 Å². The first-order valence-electron chi connectivity index (χ1n) is 6.64. The molecule has 104 valence electrons. The number of aromatic nitrogens is 2. The fraction of sp³-hybridized carbons (Fsp3) is 0.615. The molecular formula is C13H19ClN4O. The maximum atomic E-state index is 11.7. The number of halogens is 1. The third kappa shape index (κ3) is 3.35. The van der Waals surface area contributed by atoms with E-state index in [1.54, 1.807) is 13.1 Å². The van der Waals surface area contributed by atoms with Crippen LogP contribution in [-0.4, -0.2) is 36.0 Å². The Labute approximate surface area is 118 Å². The molecular weight excluding hydrogens is 264 g/mol. The molecule has 1 unspecified atom stereocenters. The number of rotatable bonds is 3. The molecule has 0 bridgehead atoms. The normalized spacial score (nSPS) is 19.3. The zero-order chi connectivity index (χ0) is 13.8. The van der Waals surface area contributed by atoms with Crippen LogP contribution in [-0.2, 0) is 11.2 Å². The summed E-state index contributed by atoms with van der Waals surface area (Å²) in [6, 6.07) is 1.77. The van der Waals surface area contributed by atoms with Crippen molar-refractivity contribution < 1.29 is 4.79 Å². The molecule has 0 aromatic carbocycles. The van der Waals surface area contributed by atoms with Gasteiger partial charge in [0.05, 0.1) is 5.92 Å². The second kappa shape index (κ2) is 6.19. The minimum atomic E-state index is 0.0255. The summed E-state index contributed by atoms with van der Waals surface area (Å²) in [5.41, 5.74) is 0. The summed E-state index contributed by atoms with van der Waals surface area (Å²) in [5, 5.41) is 3.18. The van der Waals surface area contributed by atoms with Crippen molar-refractivity contribution in [1.29, 1.82) is 0 Å². The van der Waals surface area contributed by atoms with Crippen LogP contribution in [0.2, 0.25) is 5.15 Å². The smallest absolute Gasteiger partial charge is 0.224 e. The summed E-state index contributed by atoms with van der Waals surface area (Å²) >= 11 is 6.02. The van der Waals surface area contributed by atoms with Gasteiger partial charge in [-0.25, -0.2) is 9.97 Å². The number of hydrogen-bond acceptors (Lipinski definition) is 4. The molecule has 1 N–H and O–H groups in total. The number of piperidine rings is 1. The molecule has 0 aliphatic carbocycles. The Bertz CT molecular complexity index is 466. The summed E-state index contributed by atoms with van der Waals surface area (Å²) in [4.78, 5) is 22.5. The van der Waals surface area contributed by atoms with E-state index >= 15 is 0 Å². The molecule has 1 aliphatic rings. The molecule has 5 nitrogen and oxygen atoms in total. The SMILES string of the molecule is CCc1nc(Cl)cc(N2CCCC(C(=O)NC)C2)n1. The van der Waals surface area contributed by atoms with Crippen LogP contribution in [0.1, 0.15) is 25.6 Å². The molecule has 1 aromatic rings. The highest BCUT2D eigenvalue weighted by Gasteiger charge is 2.26. The molecule has 1 atom stereocenters. The lowest BCUT2D eigenvalue weighted by molar-refractivity contribution is -0.124. The molecule has 6 heteroatoms. The average molecular weight is 283 g/mol. The number of carbonyl (C=O) groups is 1. The van der Waals surface area contributed by atoms with Crippen molar-refractivity contribution in [3.8, 4) is 0 Å². The van der Waals surface area contributed by atoms with Gasteiger partial charge in [0, 0.05) is 32.6 Å². The Kier molecular flexibility index (Phi) is 4.58. The molecule has 1 aliphatic heterocycles. The number of amides is 1. The molecule has 2 rings (SSSR count). The summed E-state index contributed by atoms with van der Waals surface area (Å²) in [6.45, 7) is 3.60. The maximum absolute atomic E-state index is 11.7. The Morgan fingerprint density at radius 2 is 2.37 bits per heavy atom. The molecule has 0 saturated carbocycles. The van der Waals surface area contributed by atoms with Gasteiger partial charge in [0.1, 0.15) is 16.8 Å². The minimum absolute atomic E-state index is 0.0255. The fourth-order valence-electron chi connectivity index (χ4n) is 2.38. The van der Waals surface area contributed by atoms with E-state index in [2.05, 4.69) is 20.2 Å². The lowest BCUT2D eigenvalue weighted by Gasteiger charge is -2.32. The number of aryl methyl sites for hydroxylation is 1. The van der Waals surface area contributed by atoms with Gasteiger partial charge in [-0.15, -0.1) is 0 Å². The number of nitrogens with one attached hydrogen (secondary N) is 1. The van der Waals surface area contributed by atoms with E-state index < -0.39 is 0 Å². The number of anilines is 1. The van der Waals surface area contributed by atoms with E-state index in [9.17, 15) is 4.79 Å². The van der Waals surface area contributed by atoms with Crippen LogP contribution < -0.4 is 10.2 Å². The van der Waals surface area contributed by atoms with Crippen molar-refractivity contribution in [2.75, 3.05) is 25.0 Å². The summed E-state index contributed by atoms with van der Waals surface area (Å²) in [7, 11) is 1.68. The third-order valence-electron chi connectivity index (χ3n) is 3.41. The molecule has 19 heavy (non-hydrogen) atoms. The highest BCUT2D eigenvalue weighted by molar-refractivity contribution is 6.29. The highest BCUT2D eigenvalue weighted by atomic mass is 35.5. The summed E-state index contributed by atoms with van der Waals surface area (Å²) in [5.74, 6) is 1.69. The molecule has 2 heterocycles. The third-order valence-corrected chi connectivity index (χ3v) is 3.60. The lowest BCUT2D eigenvalue weighted by atomic mass is 9.97. The van der Waals surface area contributed by atoms with E-state index in [1.165, 1.54) is 0 Å². The van der Waals surface area contributed by atoms with E-state index in [1.807, 2.05) is 6.92 Å². The van der Waals surface area contributed by atoms with Crippen molar-refractivity contribution in [2.45, 2.75) is 26.2 Å². The number of carbonyl (C=O) groups excluding carboxylic acids is 1.